The molecule has 0 aromatic rings. The standard InChI is InChI=1S/C4H6ClNO3/c5-2-1-3(9-6)4(7)8/h1H,2,6H2,(H,7,8). The molecule has 0 atom stereocenters. The van der Waals surface area contributed by atoms with Gasteiger partial charge in [-0.1, -0.05) is 0 Å². The molecule has 0 fully saturated rings. The number of carboxylic acids is 1. The molecule has 0 aliphatic heterocycles. The highest BCUT2D eigenvalue weighted by Gasteiger charge is 2.04. The van der Waals surface area contributed by atoms with Crippen LogP contribution < -0.4 is 5.90 Å². The lowest BCUT2D eigenvalue weighted by atomic mass is 10.5. The van der Waals surface area contributed by atoms with Crippen molar-refractivity contribution in [2.75, 3.05) is 5.88 Å². The van der Waals surface area contributed by atoms with Crippen molar-refractivity contribution in [1.29, 1.82) is 0 Å². The zero-order valence-electron chi connectivity index (χ0n) is 4.50. The molecule has 0 bridgehead atoms. The van der Waals surface area contributed by atoms with Gasteiger partial charge in [-0.3, -0.25) is 0 Å². The molecule has 0 aromatic heterocycles. The van der Waals surface area contributed by atoms with Crippen LogP contribution in [-0.4, -0.2) is 17.0 Å². The van der Waals surface area contributed by atoms with E-state index in [9.17, 15) is 4.79 Å². The molecule has 0 aliphatic carbocycles. The second-order valence-corrected chi connectivity index (χ2v) is 1.45. The highest BCUT2D eigenvalue weighted by molar-refractivity contribution is 6.19. The number of alkyl halides is 1. The van der Waals surface area contributed by atoms with E-state index >= 15 is 0 Å². The lowest BCUT2D eigenvalue weighted by molar-refractivity contribution is -0.136. The molecule has 52 valence electrons. The van der Waals surface area contributed by atoms with Gasteiger partial charge in [-0.05, 0) is 6.08 Å². The van der Waals surface area contributed by atoms with Gasteiger partial charge in [-0.2, -0.15) is 5.90 Å². The number of nitrogens with two attached hydrogens (primary N) is 1. The van der Waals surface area contributed by atoms with Crippen molar-refractivity contribution in [2.45, 2.75) is 0 Å². The highest BCUT2D eigenvalue weighted by atomic mass is 35.5. The first-order chi connectivity index (χ1) is 4.22. The zero-order valence-corrected chi connectivity index (χ0v) is 5.26. The first-order valence-electron chi connectivity index (χ1n) is 2.08. The predicted molar refractivity (Wildman–Crippen MR) is 31.7 cm³/mol. The maximum atomic E-state index is 9.99. The van der Waals surface area contributed by atoms with Crippen molar-refractivity contribution >= 4 is 17.6 Å². The zero-order chi connectivity index (χ0) is 7.28. The van der Waals surface area contributed by atoms with Gasteiger partial charge in [0.2, 0.25) is 5.76 Å². The Hall–Kier alpha value is -0.740. The molecular formula is C4H6ClNO3. The van der Waals surface area contributed by atoms with Crippen LogP contribution in [0.5, 0.6) is 0 Å². The first kappa shape index (κ1) is 8.26. The average Bonchev–Trinajstić information content (AvgIpc) is 1.82. The molecular weight excluding hydrogens is 146 g/mol. The van der Waals surface area contributed by atoms with E-state index in [4.69, 9.17) is 16.7 Å². The Balaban J connectivity index is 3.98. The van der Waals surface area contributed by atoms with E-state index in [-0.39, 0.29) is 11.6 Å². The summed E-state index contributed by atoms with van der Waals surface area (Å²) in [5.74, 6) is 3.05. The minimum absolute atomic E-state index is 0.0683. The SMILES string of the molecule is NOC(=CCCl)C(=O)O. The third-order valence-corrected chi connectivity index (χ3v) is 0.755. The molecule has 4 nitrogen and oxygen atoms in total. The maximum Gasteiger partial charge on any atom is 0.373 e. The summed E-state index contributed by atoms with van der Waals surface area (Å²) < 4.78 is 0. The summed E-state index contributed by atoms with van der Waals surface area (Å²) in [5.41, 5.74) is 0. The van der Waals surface area contributed by atoms with Crippen LogP contribution >= 0.6 is 11.6 Å². The van der Waals surface area contributed by atoms with E-state index in [0.29, 0.717) is 0 Å². The minimum Gasteiger partial charge on any atom is -0.475 e. The van der Waals surface area contributed by atoms with E-state index in [1.54, 1.807) is 0 Å². The molecule has 0 heterocycles. The molecule has 0 rings (SSSR count). The summed E-state index contributed by atoms with van der Waals surface area (Å²) in [6.45, 7) is 0. The fourth-order valence-electron chi connectivity index (χ4n) is 0.256. The van der Waals surface area contributed by atoms with E-state index < -0.39 is 5.97 Å². The smallest absolute Gasteiger partial charge is 0.373 e. The molecule has 0 aliphatic rings. The quantitative estimate of drug-likeness (QED) is 0.259. The normalized spacial score (nSPS) is 11.1. The fraction of sp³-hybridized carbons (Fsp3) is 0.250. The van der Waals surface area contributed by atoms with Crippen molar-refractivity contribution in [2.24, 2.45) is 5.90 Å². The second-order valence-electron chi connectivity index (χ2n) is 1.15. The van der Waals surface area contributed by atoms with Crippen LogP contribution in [0.2, 0.25) is 0 Å². The van der Waals surface area contributed by atoms with E-state index in [2.05, 4.69) is 10.7 Å². The summed E-state index contributed by atoms with van der Waals surface area (Å²) in [5, 5.41) is 8.17. The van der Waals surface area contributed by atoms with Crippen LogP contribution in [0, 0.1) is 0 Å². The van der Waals surface area contributed by atoms with Crippen LogP contribution in [0.4, 0.5) is 0 Å². The van der Waals surface area contributed by atoms with Crippen molar-refractivity contribution in [3.8, 4) is 0 Å². The lowest BCUT2D eigenvalue weighted by Crippen LogP contribution is -2.09. The number of carboxylic acid groups (broad SMARTS) is 1. The number of allylic oxidation sites excluding steroid dienone is 1. The monoisotopic (exact) mass is 151 g/mol. The Labute approximate surface area is 56.8 Å². The van der Waals surface area contributed by atoms with Gasteiger partial charge in [0.1, 0.15) is 0 Å². The Morgan fingerprint density at radius 1 is 1.89 bits per heavy atom. The largest absolute Gasteiger partial charge is 0.475 e. The third kappa shape index (κ3) is 2.94. The van der Waals surface area contributed by atoms with Crippen molar-refractivity contribution in [3.05, 3.63) is 11.8 Å². The van der Waals surface area contributed by atoms with Crippen molar-refractivity contribution < 1.29 is 14.7 Å². The molecule has 5 heteroatoms. The fourth-order valence-corrected chi connectivity index (χ4v) is 0.396. The first-order valence-corrected chi connectivity index (χ1v) is 2.62. The average molecular weight is 152 g/mol. The van der Waals surface area contributed by atoms with E-state index in [1.807, 2.05) is 0 Å². The Bertz CT molecular complexity index is 134. The molecule has 3 N–H and O–H groups in total. The number of hydrogen-bond donors (Lipinski definition) is 2. The lowest BCUT2D eigenvalue weighted by Gasteiger charge is -1.94. The van der Waals surface area contributed by atoms with Gasteiger partial charge in [0.05, 0.1) is 0 Å². The number of hydrogen-bond acceptors (Lipinski definition) is 3. The van der Waals surface area contributed by atoms with Crippen LogP contribution in [0.25, 0.3) is 0 Å². The van der Waals surface area contributed by atoms with Gasteiger partial charge in [-0.25, -0.2) is 4.79 Å². The third-order valence-electron chi connectivity index (χ3n) is 0.600. The topological polar surface area (TPSA) is 72.5 Å². The van der Waals surface area contributed by atoms with Gasteiger partial charge in [0, 0.05) is 5.88 Å². The van der Waals surface area contributed by atoms with Crippen LogP contribution in [-0.2, 0) is 9.63 Å². The van der Waals surface area contributed by atoms with Gasteiger partial charge >= 0.3 is 5.97 Å². The van der Waals surface area contributed by atoms with Crippen molar-refractivity contribution in [3.63, 3.8) is 0 Å². The molecule has 0 saturated carbocycles. The Kier molecular flexibility index (Phi) is 3.83. The molecule has 0 saturated heterocycles. The Morgan fingerprint density at radius 3 is 2.56 bits per heavy atom. The second kappa shape index (κ2) is 4.17. The summed E-state index contributed by atoms with van der Waals surface area (Å²) in [4.78, 5) is 13.9. The molecule has 0 aromatic carbocycles. The number of carbonyl (C=O) groups is 1. The molecule has 9 heavy (non-hydrogen) atoms. The highest BCUT2D eigenvalue weighted by Crippen LogP contribution is 1.93. The molecule has 0 amide bonds. The van der Waals surface area contributed by atoms with Crippen LogP contribution in [0.3, 0.4) is 0 Å². The molecule has 0 unspecified atom stereocenters. The van der Waals surface area contributed by atoms with Crippen molar-refractivity contribution in [1.82, 2.24) is 0 Å². The predicted octanol–water partition coefficient (Wildman–Crippen LogP) is 0.0840. The van der Waals surface area contributed by atoms with Gasteiger partial charge in [-0.15, -0.1) is 11.6 Å². The van der Waals surface area contributed by atoms with Gasteiger partial charge in [0.15, 0.2) is 0 Å². The summed E-state index contributed by atoms with van der Waals surface area (Å²) in [6.07, 6.45) is 1.16. The summed E-state index contributed by atoms with van der Waals surface area (Å²) in [6, 6.07) is 0. The Morgan fingerprint density at radius 2 is 2.44 bits per heavy atom. The number of aliphatic carboxylic acids is 1. The van der Waals surface area contributed by atoms with E-state index in [0.717, 1.165) is 6.08 Å². The number of halogens is 1. The van der Waals surface area contributed by atoms with E-state index in [1.165, 1.54) is 0 Å². The van der Waals surface area contributed by atoms with Gasteiger partial charge in [0.25, 0.3) is 0 Å². The van der Waals surface area contributed by atoms with Crippen LogP contribution in [0.1, 0.15) is 0 Å². The summed E-state index contributed by atoms with van der Waals surface area (Å²) in [7, 11) is 0. The van der Waals surface area contributed by atoms with Crippen LogP contribution in [0.15, 0.2) is 11.8 Å². The summed E-state index contributed by atoms with van der Waals surface area (Å²) >= 11 is 5.14. The number of rotatable bonds is 3. The molecule has 0 spiro atoms. The minimum atomic E-state index is -1.22. The molecule has 0 radical (unpaired) electrons. The van der Waals surface area contributed by atoms with Gasteiger partial charge < -0.3 is 9.94 Å². The maximum absolute atomic E-state index is 9.99.